The molecule has 2 saturated heterocycles. The highest BCUT2D eigenvalue weighted by Crippen LogP contribution is 2.50. The maximum atomic E-state index is 13.8. The maximum absolute atomic E-state index is 13.8. The molecule has 5 heterocycles. The minimum Gasteiger partial charge on any atom is -0.455 e. The van der Waals surface area contributed by atoms with E-state index in [0.717, 1.165) is 17.2 Å². The van der Waals surface area contributed by atoms with Crippen molar-refractivity contribution < 1.29 is 89.0 Å². The van der Waals surface area contributed by atoms with Crippen molar-refractivity contribution in [3.05, 3.63) is 35.4 Å². The largest absolute Gasteiger partial charge is 0.472 e. The van der Waals surface area contributed by atoms with Crippen LogP contribution in [-0.4, -0.2) is 135 Å². The number of aliphatic hydroxyl groups excluding tert-OH is 1. The molecule has 0 radical (unpaired) electrons. The summed E-state index contributed by atoms with van der Waals surface area (Å²) < 4.78 is 103. The second kappa shape index (κ2) is 20.1. The van der Waals surface area contributed by atoms with Crippen molar-refractivity contribution in [2.45, 2.75) is 107 Å². The van der Waals surface area contributed by atoms with Crippen LogP contribution >= 0.6 is 15.6 Å². The molecule has 0 aliphatic carbocycles. The van der Waals surface area contributed by atoms with E-state index in [4.69, 9.17) is 39.5 Å². The third-order valence-corrected chi connectivity index (χ3v) is 10.6. The average molecular weight is 961 g/mol. The van der Waals surface area contributed by atoms with Gasteiger partial charge in [-0.2, -0.15) is 18.2 Å². The number of hydrogen-bond donors (Lipinski definition) is 8. The Hall–Kier alpha value is -4.87. The van der Waals surface area contributed by atoms with Gasteiger partial charge in [0.1, 0.15) is 59.9 Å². The SMILES string of the molecule is CC(C)(C)OC(=O)NC(CCCCNC(=O)C(F)(F)F)C(=O)O[C@H]1[C@@H](O)[C@H](n2cnc3c(N)ncnc32)O[C@@H]1COP(=O)(O)O[C@H]1C[C@H](n2ccc(N)nc2=O)O[C@H]1COP(=O)(O)O. The number of nitrogens with two attached hydrogens (primary N) is 2. The number of alkyl carbamates (subject to hydrolysis) is 1. The Morgan fingerprint density at radius 2 is 1.72 bits per heavy atom. The summed E-state index contributed by atoms with van der Waals surface area (Å²) in [6.45, 7) is 2.20. The Labute approximate surface area is 358 Å². The number of hydrogen-bond acceptors (Lipinski definition) is 20. The zero-order chi connectivity index (χ0) is 47.4. The molecule has 9 atom stereocenters. The number of phosphoric ester groups is 2. The highest BCUT2D eigenvalue weighted by molar-refractivity contribution is 7.47. The van der Waals surface area contributed by atoms with Gasteiger partial charge in [-0.1, -0.05) is 0 Å². The van der Waals surface area contributed by atoms with E-state index in [9.17, 15) is 61.3 Å². The van der Waals surface area contributed by atoms with Crippen LogP contribution < -0.4 is 27.8 Å². The van der Waals surface area contributed by atoms with E-state index in [1.807, 2.05) is 0 Å². The molecule has 2 aliphatic rings. The second-order valence-electron chi connectivity index (χ2n) is 15.1. The number of carbonyl (C=O) groups is 3. The van der Waals surface area contributed by atoms with E-state index >= 15 is 0 Å². The lowest BCUT2D eigenvalue weighted by Crippen LogP contribution is -2.47. The van der Waals surface area contributed by atoms with Crippen LogP contribution in [0.25, 0.3) is 11.2 Å². The molecule has 2 aliphatic heterocycles. The summed E-state index contributed by atoms with van der Waals surface area (Å²) in [5.41, 5.74) is 9.58. The number of ether oxygens (including phenoxy) is 4. The normalized spacial score (nSPS) is 24.2. The number of aromatic nitrogens is 6. The molecule has 64 heavy (non-hydrogen) atoms. The highest BCUT2D eigenvalue weighted by atomic mass is 31.2. The topological polar surface area (TPSA) is 385 Å². The number of nitrogens with zero attached hydrogens (tertiary/aromatic N) is 6. The number of unbranched alkanes of at least 4 members (excludes halogenated alkanes) is 1. The number of carbonyl (C=O) groups excluding carboxylic acids is 3. The Morgan fingerprint density at radius 1 is 1.02 bits per heavy atom. The third kappa shape index (κ3) is 13.6. The monoisotopic (exact) mass is 960 g/mol. The number of nitrogen functional groups attached to an aromatic ring is 2. The van der Waals surface area contributed by atoms with Gasteiger partial charge in [0.2, 0.25) is 0 Å². The predicted octanol–water partition coefficient (Wildman–Crippen LogP) is 0.0588. The van der Waals surface area contributed by atoms with E-state index in [0.29, 0.717) is 0 Å². The molecule has 0 spiro atoms. The number of rotatable bonds is 18. The Balaban J connectivity index is 1.36. The van der Waals surface area contributed by atoms with Crippen molar-refractivity contribution in [1.29, 1.82) is 0 Å². The Morgan fingerprint density at radius 3 is 2.38 bits per heavy atom. The first kappa shape index (κ1) is 50.1. The highest BCUT2D eigenvalue weighted by Gasteiger charge is 2.50. The molecule has 10 N–H and O–H groups in total. The minimum absolute atomic E-state index is 0.0243. The van der Waals surface area contributed by atoms with Gasteiger partial charge in [-0.25, -0.2) is 38.5 Å². The molecule has 2 amide bonds. The summed E-state index contributed by atoms with van der Waals surface area (Å²) in [5.74, 6) is -3.64. The molecular formula is C32H45F3N10O17P2. The zero-order valence-electron chi connectivity index (χ0n) is 33.8. The number of halogens is 3. The number of phosphoric acid groups is 2. The van der Waals surface area contributed by atoms with Gasteiger partial charge in [0.25, 0.3) is 0 Å². The molecule has 0 aromatic carbocycles. The first-order chi connectivity index (χ1) is 29.7. The third-order valence-electron chi connectivity index (χ3n) is 9.08. The lowest BCUT2D eigenvalue weighted by Gasteiger charge is -2.26. The van der Waals surface area contributed by atoms with Gasteiger partial charge in [0, 0.05) is 19.2 Å². The standard InChI is InChI=1S/C32H45F3N10O17P2/c1-31(2,3)61-30(50)42-15(6-4-5-8-38-28(48)32(33,34)35)27(47)60-23-18(59-26(22(23)46)45-14-41-21-24(37)39-13-40-25(21)45)12-57-64(54,55)62-16-10-20(44-9-7-19(36)43-29(44)49)58-17(16)11-56-63(51,52)53/h7,9,13-18,20,22-23,26,46H,4-6,8,10-12H2,1-3H3,(H,38,48)(H,42,50)(H,54,55)(H2,36,43,49)(H2,37,39,40)(H2,51,52,53)/t15?,16-,17-,18+,20+,22+,23+,26+/m0/s1. The summed E-state index contributed by atoms with van der Waals surface area (Å²) in [6.07, 6.45) is -14.9. The van der Waals surface area contributed by atoms with Gasteiger partial charge in [-0.05, 0) is 46.1 Å². The molecule has 2 fully saturated rings. The summed E-state index contributed by atoms with van der Waals surface area (Å²) in [6, 6.07) is -0.359. The average Bonchev–Trinajstić information content (AvgIpc) is 3.86. The molecular weight excluding hydrogens is 915 g/mol. The van der Waals surface area contributed by atoms with Gasteiger partial charge < -0.3 is 60.8 Å². The van der Waals surface area contributed by atoms with Gasteiger partial charge in [0.15, 0.2) is 23.8 Å². The lowest BCUT2D eigenvalue weighted by atomic mass is 10.1. The van der Waals surface area contributed by atoms with Gasteiger partial charge in [-0.3, -0.25) is 27.5 Å². The van der Waals surface area contributed by atoms with E-state index < -0.39 is 126 Å². The predicted molar refractivity (Wildman–Crippen MR) is 206 cm³/mol. The van der Waals surface area contributed by atoms with Crippen LogP contribution in [0.3, 0.4) is 0 Å². The van der Waals surface area contributed by atoms with Crippen LogP contribution in [0, 0.1) is 0 Å². The van der Waals surface area contributed by atoms with Gasteiger partial charge in [-0.15, -0.1) is 0 Å². The quantitative estimate of drug-likeness (QED) is 0.0474. The summed E-state index contributed by atoms with van der Waals surface area (Å²) in [7, 11) is -10.4. The number of esters is 1. The maximum Gasteiger partial charge on any atom is 0.472 e. The number of imidazole rings is 1. The number of aliphatic hydroxyl groups is 1. The van der Waals surface area contributed by atoms with Crippen molar-refractivity contribution in [2.24, 2.45) is 0 Å². The van der Waals surface area contributed by atoms with Crippen LogP contribution in [0.4, 0.5) is 29.6 Å². The second-order valence-corrected chi connectivity index (χ2v) is 17.7. The Kier molecular flexibility index (Phi) is 15.8. The van der Waals surface area contributed by atoms with Crippen molar-refractivity contribution >= 4 is 56.4 Å². The summed E-state index contributed by atoms with van der Waals surface area (Å²) >= 11 is 0. The first-order valence-electron chi connectivity index (χ1n) is 18.9. The van der Waals surface area contributed by atoms with Crippen LogP contribution in [0.5, 0.6) is 0 Å². The molecule has 3 aromatic heterocycles. The molecule has 27 nitrogen and oxygen atoms in total. The van der Waals surface area contributed by atoms with Gasteiger partial charge >= 0.3 is 45.5 Å². The molecule has 32 heteroatoms. The molecule has 356 valence electrons. The van der Waals surface area contributed by atoms with Gasteiger partial charge in [0.05, 0.1) is 19.5 Å². The van der Waals surface area contributed by atoms with Crippen LogP contribution in [0.2, 0.25) is 0 Å². The fraction of sp³-hybridized carbons (Fsp3) is 0.625. The van der Waals surface area contributed by atoms with Crippen LogP contribution in [0.15, 0.2) is 29.7 Å². The van der Waals surface area contributed by atoms with Crippen molar-refractivity contribution in [2.75, 3.05) is 31.2 Å². The van der Waals surface area contributed by atoms with Crippen LogP contribution in [0.1, 0.15) is 58.9 Å². The number of amides is 2. The first-order valence-corrected chi connectivity index (χ1v) is 21.9. The van der Waals surface area contributed by atoms with E-state index in [-0.39, 0.29) is 42.1 Å². The number of nitrogens with one attached hydrogen (secondary N) is 2. The molecule has 5 rings (SSSR count). The van der Waals surface area contributed by atoms with E-state index in [2.05, 4.69) is 29.8 Å². The molecule has 0 saturated carbocycles. The van der Waals surface area contributed by atoms with Crippen molar-refractivity contribution in [3.63, 3.8) is 0 Å². The van der Waals surface area contributed by atoms with Crippen LogP contribution in [-0.2, 0) is 51.2 Å². The zero-order valence-corrected chi connectivity index (χ0v) is 35.6. The summed E-state index contributed by atoms with van der Waals surface area (Å²) in [5, 5.41) is 15.6. The number of anilines is 2. The number of alkyl halides is 3. The minimum atomic E-state index is -5.32. The lowest BCUT2D eigenvalue weighted by molar-refractivity contribution is -0.173. The van der Waals surface area contributed by atoms with E-state index in [1.165, 1.54) is 37.6 Å². The molecule has 3 aromatic rings. The fourth-order valence-electron chi connectivity index (χ4n) is 6.29. The smallest absolute Gasteiger partial charge is 0.455 e. The Bertz CT molecular complexity index is 2310. The summed E-state index contributed by atoms with van der Waals surface area (Å²) in [4.78, 5) is 95.4. The van der Waals surface area contributed by atoms with Crippen molar-refractivity contribution in [3.8, 4) is 0 Å². The van der Waals surface area contributed by atoms with Crippen molar-refractivity contribution in [1.82, 2.24) is 39.7 Å². The molecule has 2 unspecified atom stereocenters. The fourth-order valence-corrected chi connectivity index (χ4v) is 7.59. The van der Waals surface area contributed by atoms with E-state index in [1.54, 1.807) is 5.32 Å². The number of fused-ring (bicyclic) bond motifs is 1. The molecule has 0 bridgehead atoms.